The summed E-state index contributed by atoms with van der Waals surface area (Å²) < 4.78 is 0. The summed E-state index contributed by atoms with van der Waals surface area (Å²) in [6.45, 7) is 2.93. The molecule has 0 aliphatic carbocycles. The van der Waals surface area contributed by atoms with Gasteiger partial charge in [-0.05, 0) is 6.92 Å². The molecule has 0 rings (SSSR count). The largest absolute Gasteiger partial charge is 0.252 e. The Morgan fingerprint density at radius 2 is 2.12 bits per heavy atom. The van der Waals surface area contributed by atoms with Crippen LogP contribution in [0.15, 0.2) is 12.2 Å². The molecule has 0 bridgehead atoms. The Hall–Kier alpha value is -0.340. The summed E-state index contributed by atoms with van der Waals surface area (Å²) in [5.41, 5.74) is 3.09. The van der Waals surface area contributed by atoms with E-state index in [1.807, 2.05) is 32.1 Å². The molecule has 0 saturated carbocycles. The zero-order valence-electron chi connectivity index (χ0n) is 5.81. The molecule has 0 unspecified atom stereocenters. The third-order valence-corrected chi connectivity index (χ3v) is 0.761. The maximum Gasteiger partial charge on any atom is 0.0283 e. The van der Waals surface area contributed by atoms with E-state index in [0.717, 1.165) is 6.54 Å². The van der Waals surface area contributed by atoms with Crippen molar-refractivity contribution in [3.63, 3.8) is 0 Å². The predicted molar refractivity (Wildman–Crippen MR) is 36.5 cm³/mol. The van der Waals surface area contributed by atoms with E-state index in [4.69, 9.17) is 0 Å². The molecule has 0 atom stereocenters. The van der Waals surface area contributed by atoms with Crippen LogP contribution in [0.5, 0.6) is 0 Å². The summed E-state index contributed by atoms with van der Waals surface area (Å²) in [7, 11) is 3.95. The van der Waals surface area contributed by atoms with Crippen LogP contribution in [0.25, 0.3) is 0 Å². The molecule has 0 heterocycles. The molecule has 0 aromatic carbocycles. The summed E-state index contributed by atoms with van der Waals surface area (Å²) in [5, 5.41) is 1.93. The predicted octanol–water partition coefficient (Wildman–Crippen LogP) is 0.629. The number of hydrazine groups is 1. The van der Waals surface area contributed by atoms with E-state index >= 15 is 0 Å². The van der Waals surface area contributed by atoms with Crippen molar-refractivity contribution >= 4 is 0 Å². The summed E-state index contributed by atoms with van der Waals surface area (Å²) in [5.74, 6) is 0. The molecule has 0 aliphatic heterocycles. The molecule has 48 valence electrons. The summed E-state index contributed by atoms with van der Waals surface area (Å²) in [6, 6.07) is 0. The Morgan fingerprint density at radius 1 is 1.50 bits per heavy atom. The second-order valence-corrected chi connectivity index (χ2v) is 1.83. The molecule has 2 nitrogen and oxygen atoms in total. The van der Waals surface area contributed by atoms with E-state index in [0.29, 0.717) is 0 Å². The molecule has 0 radical (unpaired) electrons. The van der Waals surface area contributed by atoms with Crippen LogP contribution >= 0.6 is 0 Å². The number of nitrogens with zero attached hydrogens (tertiary/aromatic N) is 1. The number of hydrogen-bond donors (Lipinski definition) is 1. The number of rotatable bonds is 3. The molecule has 8 heavy (non-hydrogen) atoms. The molecule has 0 aromatic heterocycles. The lowest BCUT2D eigenvalue weighted by atomic mass is 10.5. The summed E-state index contributed by atoms with van der Waals surface area (Å²) in [6.07, 6.45) is 4.09. The van der Waals surface area contributed by atoms with Gasteiger partial charge in [0.25, 0.3) is 0 Å². The first kappa shape index (κ1) is 7.66. The Kier molecular flexibility index (Phi) is 4.61. The van der Waals surface area contributed by atoms with Crippen molar-refractivity contribution in [3.8, 4) is 0 Å². The molecule has 0 spiro atoms. The standard InChI is InChI=1S/C6H14N2/c1-4-5-6-7-8(2)3/h4-5,7H,6H2,1-3H3. The zero-order valence-corrected chi connectivity index (χ0v) is 5.81. The van der Waals surface area contributed by atoms with Crippen molar-refractivity contribution in [1.82, 2.24) is 10.4 Å². The highest BCUT2D eigenvalue weighted by Crippen LogP contribution is 1.67. The first-order chi connectivity index (χ1) is 3.77. The molecule has 0 fully saturated rings. The number of allylic oxidation sites excluding steroid dienone is 1. The third-order valence-electron chi connectivity index (χ3n) is 0.761. The molecular formula is C6H14N2. The second-order valence-electron chi connectivity index (χ2n) is 1.83. The SMILES string of the molecule is CC=CCNN(C)C. The lowest BCUT2D eigenvalue weighted by Gasteiger charge is -2.07. The minimum absolute atomic E-state index is 0.920. The van der Waals surface area contributed by atoms with Gasteiger partial charge < -0.3 is 0 Å². The van der Waals surface area contributed by atoms with Crippen LogP contribution in [0, 0.1) is 0 Å². The zero-order chi connectivity index (χ0) is 6.41. The molecule has 2 heteroatoms. The van der Waals surface area contributed by atoms with Gasteiger partial charge in [-0.1, -0.05) is 12.2 Å². The molecule has 0 aliphatic rings. The van der Waals surface area contributed by atoms with Crippen LogP contribution < -0.4 is 5.43 Å². The first-order valence-corrected chi connectivity index (χ1v) is 2.79. The van der Waals surface area contributed by atoms with Gasteiger partial charge in [0.2, 0.25) is 0 Å². The van der Waals surface area contributed by atoms with E-state index in [1.165, 1.54) is 0 Å². The minimum atomic E-state index is 0.920. The lowest BCUT2D eigenvalue weighted by Crippen LogP contribution is -2.30. The first-order valence-electron chi connectivity index (χ1n) is 2.79. The fourth-order valence-electron chi connectivity index (χ4n) is 0.353. The van der Waals surface area contributed by atoms with Gasteiger partial charge in [0.05, 0.1) is 0 Å². The number of hydrogen-bond acceptors (Lipinski definition) is 2. The third kappa shape index (κ3) is 5.66. The summed E-state index contributed by atoms with van der Waals surface area (Å²) >= 11 is 0. The van der Waals surface area contributed by atoms with Crippen molar-refractivity contribution in [3.05, 3.63) is 12.2 Å². The highest BCUT2D eigenvalue weighted by molar-refractivity contribution is 4.78. The molecular weight excluding hydrogens is 100 g/mol. The van der Waals surface area contributed by atoms with Gasteiger partial charge in [0.15, 0.2) is 0 Å². The monoisotopic (exact) mass is 114 g/mol. The number of nitrogens with one attached hydrogen (secondary N) is 1. The van der Waals surface area contributed by atoms with Crippen molar-refractivity contribution in [2.45, 2.75) is 6.92 Å². The average Bonchev–Trinajstić information content (AvgIpc) is 1.66. The second kappa shape index (κ2) is 4.81. The maximum absolute atomic E-state index is 3.09. The highest BCUT2D eigenvalue weighted by Gasteiger charge is 1.78. The molecule has 0 aromatic rings. The average molecular weight is 114 g/mol. The molecule has 1 N–H and O–H groups in total. The van der Waals surface area contributed by atoms with Crippen LogP contribution in [0.4, 0.5) is 0 Å². The fourth-order valence-corrected chi connectivity index (χ4v) is 0.353. The van der Waals surface area contributed by atoms with Gasteiger partial charge in [-0.3, -0.25) is 10.4 Å². The van der Waals surface area contributed by atoms with Gasteiger partial charge >= 0.3 is 0 Å². The van der Waals surface area contributed by atoms with Gasteiger partial charge in [-0.15, -0.1) is 0 Å². The quantitative estimate of drug-likeness (QED) is 0.427. The van der Waals surface area contributed by atoms with Gasteiger partial charge in [0, 0.05) is 20.6 Å². The smallest absolute Gasteiger partial charge is 0.0283 e. The Balaban J connectivity index is 2.93. The van der Waals surface area contributed by atoms with Crippen LogP contribution in [0.1, 0.15) is 6.92 Å². The fraction of sp³-hybridized carbons (Fsp3) is 0.667. The molecule has 0 amide bonds. The Morgan fingerprint density at radius 3 is 2.50 bits per heavy atom. The Labute approximate surface area is 51.2 Å². The minimum Gasteiger partial charge on any atom is -0.252 e. The van der Waals surface area contributed by atoms with Gasteiger partial charge in [0.1, 0.15) is 0 Å². The van der Waals surface area contributed by atoms with Crippen molar-refractivity contribution in [1.29, 1.82) is 0 Å². The molecule has 0 saturated heterocycles. The highest BCUT2D eigenvalue weighted by atomic mass is 15.5. The van der Waals surface area contributed by atoms with Crippen molar-refractivity contribution in [2.75, 3.05) is 20.6 Å². The Bertz CT molecular complexity index is 66.9. The van der Waals surface area contributed by atoms with Crippen molar-refractivity contribution < 1.29 is 0 Å². The van der Waals surface area contributed by atoms with Crippen LogP contribution in [0.2, 0.25) is 0 Å². The van der Waals surface area contributed by atoms with Gasteiger partial charge in [-0.25, -0.2) is 0 Å². The maximum atomic E-state index is 3.09. The van der Waals surface area contributed by atoms with Crippen LogP contribution in [-0.4, -0.2) is 25.6 Å². The van der Waals surface area contributed by atoms with Crippen LogP contribution in [0.3, 0.4) is 0 Å². The van der Waals surface area contributed by atoms with E-state index in [2.05, 4.69) is 11.5 Å². The van der Waals surface area contributed by atoms with Crippen LogP contribution in [-0.2, 0) is 0 Å². The normalized spacial score (nSPS) is 11.5. The van der Waals surface area contributed by atoms with Crippen molar-refractivity contribution in [2.24, 2.45) is 0 Å². The van der Waals surface area contributed by atoms with E-state index in [9.17, 15) is 0 Å². The van der Waals surface area contributed by atoms with E-state index in [1.54, 1.807) is 0 Å². The summed E-state index contributed by atoms with van der Waals surface area (Å²) in [4.78, 5) is 0. The topological polar surface area (TPSA) is 15.3 Å². The van der Waals surface area contributed by atoms with E-state index < -0.39 is 0 Å². The lowest BCUT2D eigenvalue weighted by molar-refractivity contribution is 0.306. The van der Waals surface area contributed by atoms with Gasteiger partial charge in [-0.2, -0.15) is 0 Å². The van der Waals surface area contributed by atoms with E-state index in [-0.39, 0.29) is 0 Å².